The van der Waals surface area contributed by atoms with Crippen LogP contribution in [0.5, 0.6) is 0 Å². The third-order valence-corrected chi connectivity index (χ3v) is 7.49. The molecule has 18 heavy (non-hydrogen) atoms. The zero-order valence-electron chi connectivity index (χ0n) is 10.6. The molecule has 1 rings (SSSR count). The van der Waals surface area contributed by atoms with Gasteiger partial charge >= 0.3 is 0 Å². The maximum absolute atomic E-state index is 11.9. The van der Waals surface area contributed by atoms with Gasteiger partial charge in [0.1, 0.15) is 0 Å². The summed E-state index contributed by atoms with van der Waals surface area (Å²) in [5.74, 6) is 0.142. The molecule has 1 N–H and O–H groups in total. The Morgan fingerprint density at radius 2 is 1.94 bits per heavy atom. The van der Waals surface area contributed by atoms with Gasteiger partial charge in [0, 0.05) is 20.3 Å². The van der Waals surface area contributed by atoms with Crippen LogP contribution in [0.2, 0.25) is 0 Å². The smallest absolute Gasteiger partial charge is 0.156 e. The average Bonchev–Trinajstić information content (AvgIpc) is 2.21. The van der Waals surface area contributed by atoms with Crippen molar-refractivity contribution in [3.05, 3.63) is 26.2 Å². The second-order valence-electron chi connectivity index (χ2n) is 4.99. The van der Waals surface area contributed by atoms with Crippen LogP contribution in [0.25, 0.3) is 0 Å². The maximum Gasteiger partial charge on any atom is 0.156 e. The van der Waals surface area contributed by atoms with Crippen LogP contribution in [0, 0.1) is 3.57 Å². The van der Waals surface area contributed by atoms with Gasteiger partial charge in [0.25, 0.3) is 0 Å². The SMILES string of the molecule is CC(C)(C)S(=O)(=O)CCNc1ccc(Br)c(I)c1. The van der Waals surface area contributed by atoms with Crippen molar-refractivity contribution < 1.29 is 8.42 Å². The fourth-order valence-corrected chi connectivity index (χ4v) is 2.99. The number of rotatable bonds is 4. The van der Waals surface area contributed by atoms with Gasteiger partial charge in [-0.2, -0.15) is 0 Å². The fraction of sp³-hybridized carbons (Fsp3) is 0.500. The molecule has 0 aliphatic rings. The molecule has 0 amide bonds. The summed E-state index contributed by atoms with van der Waals surface area (Å²) in [6.45, 7) is 5.61. The van der Waals surface area contributed by atoms with Crippen molar-refractivity contribution in [2.75, 3.05) is 17.6 Å². The Bertz CT molecular complexity index is 523. The van der Waals surface area contributed by atoms with E-state index in [1.54, 1.807) is 20.8 Å². The molecule has 0 aliphatic carbocycles. The molecule has 0 bridgehead atoms. The number of hydrogen-bond donors (Lipinski definition) is 1. The van der Waals surface area contributed by atoms with Crippen molar-refractivity contribution >= 4 is 54.0 Å². The van der Waals surface area contributed by atoms with Crippen molar-refractivity contribution in [3.63, 3.8) is 0 Å². The summed E-state index contributed by atoms with van der Waals surface area (Å²) >= 11 is 5.65. The molecule has 1 aromatic rings. The van der Waals surface area contributed by atoms with E-state index < -0.39 is 14.6 Å². The lowest BCUT2D eigenvalue weighted by atomic mass is 10.3. The molecule has 0 spiro atoms. The Kier molecular flexibility index (Phi) is 5.49. The van der Waals surface area contributed by atoms with E-state index in [4.69, 9.17) is 0 Å². The zero-order chi connectivity index (χ0) is 14.0. The van der Waals surface area contributed by atoms with E-state index in [1.807, 2.05) is 18.2 Å². The van der Waals surface area contributed by atoms with Gasteiger partial charge in [0.15, 0.2) is 9.84 Å². The predicted molar refractivity (Wildman–Crippen MR) is 88.9 cm³/mol. The lowest BCUT2D eigenvalue weighted by Gasteiger charge is -2.19. The second kappa shape index (κ2) is 6.09. The normalized spacial score (nSPS) is 12.5. The maximum atomic E-state index is 11.9. The summed E-state index contributed by atoms with van der Waals surface area (Å²) in [5, 5.41) is 3.14. The van der Waals surface area contributed by atoms with Crippen molar-refractivity contribution in [1.82, 2.24) is 0 Å². The van der Waals surface area contributed by atoms with Crippen molar-refractivity contribution in [2.24, 2.45) is 0 Å². The molecule has 0 heterocycles. The van der Waals surface area contributed by atoms with Crippen LogP contribution in [-0.4, -0.2) is 25.5 Å². The Balaban J connectivity index is 2.60. The Morgan fingerprint density at radius 1 is 1.33 bits per heavy atom. The minimum absolute atomic E-state index is 0.142. The van der Waals surface area contributed by atoms with Gasteiger partial charge in [-0.15, -0.1) is 0 Å². The Morgan fingerprint density at radius 3 is 2.44 bits per heavy atom. The molecule has 0 saturated carbocycles. The number of benzene rings is 1. The first-order valence-corrected chi connectivity index (χ1v) is 9.07. The molecule has 6 heteroatoms. The molecule has 0 aromatic heterocycles. The average molecular weight is 446 g/mol. The number of anilines is 1. The summed E-state index contributed by atoms with van der Waals surface area (Å²) in [6, 6.07) is 5.85. The van der Waals surface area contributed by atoms with Crippen LogP contribution in [0.4, 0.5) is 5.69 Å². The van der Waals surface area contributed by atoms with Gasteiger partial charge in [-0.3, -0.25) is 0 Å². The molecule has 0 unspecified atom stereocenters. The van der Waals surface area contributed by atoms with Crippen LogP contribution in [0.15, 0.2) is 22.7 Å². The molecule has 3 nitrogen and oxygen atoms in total. The number of halogens is 2. The monoisotopic (exact) mass is 445 g/mol. The number of hydrogen-bond acceptors (Lipinski definition) is 3. The lowest BCUT2D eigenvalue weighted by Crippen LogP contribution is -2.32. The third-order valence-electron chi connectivity index (χ3n) is 2.55. The van der Waals surface area contributed by atoms with E-state index in [0.29, 0.717) is 6.54 Å². The highest BCUT2D eigenvalue weighted by atomic mass is 127. The van der Waals surface area contributed by atoms with Crippen LogP contribution >= 0.6 is 38.5 Å². The largest absolute Gasteiger partial charge is 0.384 e. The van der Waals surface area contributed by atoms with E-state index in [-0.39, 0.29) is 5.75 Å². The fourth-order valence-electron chi connectivity index (χ4n) is 1.24. The topological polar surface area (TPSA) is 46.2 Å². The first-order valence-electron chi connectivity index (χ1n) is 5.55. The van der Waals surface area contributed by atoms with Crippen molar-refractivity contribution in [2.45, 2.75) is 25.5 Å². The zero-order valence-corrected chi connectivity index (χ0v) is 15.2. The highest BCUT2D eigenvalue weighted by molar-refractivity contribution is 14.1. The first kappa shape index (κ1) is 16.2. The molecule has 0 atom stereocenters. The summed E-state index contributed by atoms with van der Waals surface area (Å²) in [5.41, 5.74) is 0.937. The number of sulfone groups is 1. The number of nitrogens with one attached hydrogen (secondary N) is 1. The molecular formula is C12H17BrINO2S. The lowest BCUT2D eigenvalue weighted by molar-refractivity contribution is 0.560. The molecule has 0 saturated heterocycles. The first-order chi connectivity index (χ1) is 8.13. The molecule has 0 aliphatic heterocycles. The molecule has 102 valence electrons. The van der Waals surface area contributed by atoms with Gasteiger partial charge in [0.2, 0.25) is 0 Å². The molecule has 0 radical (unpaired) electrons. The van der Waals surface area contributed by atoms with E-state index in [2.05, 4.69) is 43.8 Å². The van der Waals surface area contributed by atoms with E-state index in [9.17, 15) is 8.42 Å². The molecular weight excluding hydrogens is 429 g/mol. The van der Waals surface area contributed by atoms with Crippen molar-refractivity contribution in [3.8, 4) is 0 Å². The minimum atomic E-state index is -3.06. The van der Waals surface area contributed by atoms with Gasteiger partial charge in [-0.05, 0) is 77.5 Å². The van der Waals surface area contributed by atoms with E-state index >= 15 is 0 Å². The van der Waals surface area contributed by atoms with E-state index in [1.165, 1.54) is 0 Å². The second-order valence-corrected chi connectivity index (χ2v) is 9.87. The molecule has 1 aromatic carbocycles. The van der Waals surface area contributed by atoms with Gasteiger partial charge in [0.05, 0.1) is 10.5 Å². The summed E-state index contributed by atoms with van der Waals surface area (Å²) in [4.78, 5) is 0. The van der Waals surface area contributed by atoms with Gasteiger partial charge in [-0.1, -0.05) is 0 Å². The van der Waals surface area contributed by atoms with Crippen LogP contribution < -0.4 is 5.32 Å². The highest BCUT2D eigenvalue weighted by Gasteiger charge is 2.28. The van der Waals surface area contributed by atoms with Gasteiger partial charge in [-0.25, -0.2) is 8.42 Å². The van der Waals surface area contributed by atoms with Crippen LogP contribution in [0.3, 0.4) is 0 Å². The van der Waals surface area contributed by atoms with Crippen LogP contribution in [0.1, 0.15) is 20.8 Å². The van der Waals surface area contributed by atoms with E-state index in [0.717, 1.165) is 13.7 Å². The highest BCUT2D eigenvalue weighted by Crippen LogP contribution is 2.22. The Hall–Kier alpha value is 0.180. The third kappa shape index (κ3) is 4.38. The standard InChI is InChI=1S/C12H17BrINO2S/c1-12(2,3)18(16,17)7-6-15-9-4-5-10(13)11(14)8-9/h4-5,8,15H,6-7H2,1-3H3. The summed E-state index contributed by atoms with van der Waals surface area (Å²) in [7, 11) is -3.06. The minimum Gasteiger partial charge on any atom is -0.384 e. The molecule has 0 fully saturated rings. The van der Waals surface area contributed by atoms with Gasteiger partial charge < -0.3 is 5.32 Å². The quantitative estimate of drug-likeness (QED) is 0.719. The predicted octanol–water partition coefficient (Wildman–Crippen LogP) is 3.68. The summed E-state index contributed by atoms with van der Waals surface area (Å²) < 4.78 is 25.3. The summed E-state index contributed by atoms with van der Waals surface area (Å²) in [6.07, 6.45) is 0. The van der Waals surface area contributed by atoms with Crippen LogP contribution in [-0.2, 0) is 9.84 Å². The van der Waals surface area contributed by atoms with Crippen molar-refractivity contribution in [1.29, 1.82) is 0 Å². The Labute approximate surface area is 131 Å².